The molecule has 0 aromatic carbocycles. The minimum atomic E-state index is 0.206. The summed E-state index contributed by atoms with van der Waals surface area (Å²) in [6, 6.07) is 0. The van der Waals surface area contributed by atoms with E-state index in [-0.39, 0.29) is 19.1 Å². The van der Waals surface area contributed by atoms with Crippen LogP contribution in [0.15, 0.2) is 0 Å². The van der Waals surface area contributed by atoms with Crippen LogP contribution in [0.4, 0.5) is 0 Å². The molecule has 11 heavy (non-hydrogen) atoms. The minimum absolute atomic E-state index is 0.206. The second kappa shape index (κ2) is 2.73. The lowest BCUT2D eigenvalue weighted by atomic mass is 9.82. The summed E-state index contributed by atoms with van der Waals surface area (Å²) in [5, 5.41) is 17.8. The van der Waals surface area contributed by atoms with E-state index in [2.05, 4.69) is 0 Å². The summed E-state index contributed by atoms with van der Waals surface area (Å²) in [6.45, 7) is 0.445. The topological polar surface area (TPSA) is 53.0 Å². The number of fused-ring (bicyclic) bond motifs is 1. The Bertz CT molecular complexity index is 148. The standard InChI is InChI=1S/C8H14O3/c9-3-5-1-6(4-10)8-7(2-5)11-8/h5-10H,1-4H2. The molecule has 1 aliphatic carbocycles. The van der Waals surface area contributed by atoms with E-state index in [1.165, 1.54) is 0 Å². The van der Waals surface area contributed by atoms with Gasteiger partial charge in [-0.05, 0) is 18.8 Å². The quantitative estimate of drug-likeness (QED) is 0.545. The van der Waals surface area contributed by atoms with Gasteiger partial charge in [0.2, 0.25) is 0 Å². The summed E-state index contributed by atoms with van der Waals surface area (Å²) in [4.78, 5) is 0. The zero-order valence-electron chi connectivity index (χ0n) is 6.44. The molecule has 0 radical (unpaired) electrons. The van der Waals surface area contributed by atoms with Gasteiger partial charge in [-0.25, -0.2) is 0 Å². The predicted octanol–water partition coefficient (Wildman–Crippen LogP) is -0.235. The molecule has 2 N–H and O–H groups in total. The summed E-state index contributed by atoms with van der Waals surface area (Å²) in [6.07, 6.45) is 2.56. The maximum absolute atomic E-state index is 8.94. The van der Waals surface area contributed by atoms with Gasteiger partial charge in [0.25, 0.3) is 0 Å². The summed E-state index contributed by atoms with van der Waals surface area (Å²) in [5.41, 5.74) is 0. The maximum Gasteiger partial charge on any atom is 0.0892 e. The number of ether oxygens (including phenoxy) is 1. The number of rotatable bonds is 2. The van der Waals surface area contributed by atoms with Crippen LogP contribution in [0.1, 0.15) is 12.8 Å². The largest absolute Gasteiger partial charge is 0.396 e. The molecule has 0 bridgehead atoms. The SMILES string of the molecule is OCC1CC(CO)C2OC2C1. The third-order valence-corrected chi connectivity index (χ3v) is 2.78. The van der Waals surface area contributed by atoms with Crippen molar-refractivity contribution in [1.29, 1.82) is 0 Å². The second-order valence-electron chi connectivity index (χ2n) is 3.60. The Balaban J connectivity index is 1.92. The highest BCUT2D eigenvalue weighted by Crippen LogP contribution is 2.42. The molecule has 0 aromatic heterocycles. The van der Waals surface area contributed by atoms with Crippen LogP contribution < -0.4 is 0 Å². The van der Waals surface area contributed by atoms with E-state index >= 15 is 0 Å². The lowest BCUT2D eigenvalue weighted by molar-refractivity contribution is 0.134. The van der Waals surface area contributed by atoms with Gasteiger partial charge in [-0.15, -0.1) is 0 Å². The van der Waals surface area contributed by atoms with Crippen LogP contribution in [-0.4, -0.2) is 35.6 Å². The molecule has 3 nitrogen and oxygen atoms in total. The van der Waals surface area contributed by atoms with E-state index in [1.807, 2.05) is 0 Å². The van der Waals surface area contributed by atoms with Gasteiger partial charge in [-0.1, -0.05) is 0 Å². The van der Waals surface area contributed by atoms with Gasteiger partial charge in [0.1, 0.15) is 0 Å². The summed E-state index contributed by atoms with van der Waals surface area (Å²) >= 11 is 0. The number of aliphatic hydroxyl groups excluding tert-OH is 2. The van der Waals surface area contributed by atoms with E-state index < -0.39 is 0 Å². The van der Waals surface area contributed by atoms with Crippen molar-refractivity contribution in [2.45, 2.75) is 25.0 Å². The van der Waals surface area contributed by atoms with Crippen molar-refractivity contribution in [1.82, 2.24) is 0 Å². The van der Waals surface area contributed by atoms with E-state index in [9.17, 15) is 0 Å². The Morgan fingerprint density at radius 2 is 2.00 bits per heavy atom. The molecule has 2 rings (SSSR count). The van der Waals surface area contributed by atoms with Gasteiger partial charge in [-0.2, -0.15) is 0 Å². The summed E-state index contributed by atoms with van der Waals surface area (Å²) < 4.78 is 5.34. The van der Waals surface area contributed by atoms with Gasteiger partial charge in [-0.3, -0.25) is 0 Å². The third-order valence-electron chi connectivity index (χ3n) is 2.78. The van der Waals surface area contributed by atoms with Gasteiger partial charge in [0.15, 0.2) is 0 Å². The lowest BCUT2D eigenvalue weighted by Gasteiger charge is -2.22. The van der Waals surface area contributed by atoms with E-state index in [1.54, 1.807) is 0 Å². The minimum Gasteiger partial charge on any atom is -0.396 e. The Morgan fingerprint density at radius 3 is 2.64 bits per heavy atom. The first-order valence-electron chi connectivity index (χ1n) is 4.22. The molecular formula is C8H14O3. The van der Waals surface area contributed by atoms with Gasteiger partial charge in [0.05, 0.1) is 12.2 Å². The Kier molecular flexibility index (Phi) is 1.87. The normalized spacial score (nSPS) is 48.5. The average Bonchev–Trinajstić information content (AvgIpc) is 2.80. The highest BCUT2D eigenvalue weighted by molar-refractivity contribution is 4.96. The number of hydrogen-bond donors (Lipinski definition) is 2. The first kappa shape index (κ1) is 7.53. The summed E-state index contributed by atoms with van der Waals surface area (Å²) in [5.74, 6) is 0.641. The van der Waals surface area contributed by atoms with Crippen LogP contribution in [0.25, 0.3) is 0 Å². The highest BCUT2D eigenvalue weighted by Gasteiger charge is 2.49. The third kappa shape index (κ3) is 1.28. The average molecular weight is 158 g/mol. The monoisotopic (exact) mass is 158 g/mol. The van der Waals surface area contributed by atoms with Gasteiger partial charge < -0.3 is 14.9 Å². The molecule has 0 amide bonds. The predicted molar refractivity (Wildman–Crippen MR) is 39.0 cm³/mol. The Labute approximate surface area is 66.0 Å². The van der Waals surface area contributed by atoms with Crippen LogP contribution in [0.2, 0.25) is 0 Å². The van der Waals surface area contributed by atoms with Crippen LogP contribution in [0.5, 0.6) is 0 Å². The van der Waals surface area contributed by atoms with Gasteiger partial charge in [0, 0.05) is 19.1 Å². The fourth-order valence-electron chi connectivity index (χ4n) is 2.08. The van der Waals surface area contributed by atoms with Crippen LogP contribution in [-0.2, 0) is 4.74 Å². The molecule has 2 aliphatic rings. The molecule has 64 valence electrons. The zero-order valence-corrected chi connectivity index (χ0v) is 6.44. The number of epoxide rings is 1. The molecule has 1 heterocycles. The first-order chi connectivity index (χ1) is 5.35. The van der Waals surface area contributed by atoms with Crippen molar-refractivity contribution in [2.24, 2.45) is 11.8 Å². The number of hydrogen-bond acceptors (Lipinski definition) is 3. The second-order valence-corrected chi connectivity index (χ2v) is 3.60. The van der Waals surface area contributed by atoms with E-state index in [4.69, 9.17) is 14.9 Å². The molecule has 0 spiro atoms. The van der Waals surface area contributed by atoms with Crippen molar-refractivity contribution in [3.63, 3.8) is 0 Å². The molecule has 4 unspecified atom stereocenters. The van der Waals surface area contributed by atoms with E-state index in [0.29, 0.717) is 18.1 Å². The van der Waals surface area contributed by atoms with Crippen LogP contribution >= 0.6 is 0 Å². The highest BCUT2D eigenvalue weighted by atomic mass is 16.6. The molecule has 1 saturated heterocycles. The first-order valence-corrected chi connectivity index (χ1v) is 4.22. The smallest absolute Gasteiger partial charge is 0.0892 e. The number of aliphatic hydroxyl groups is 2. The molecule has 1 aliphatic heterocycles. The van der Waals surface area contributed by atoms with Crippen molar-refractivity contribution in [3.05, 3.63) is 0 Å². The van der Waals surface area contributed by atoms with Crippen molar-refractivity contribution in [3.8, 4) is 0 Å². The Hall–Kier alpha value is -0.120. The van der Waals surface area contributed by atoms with Gasteiger partial charge >= 0.3 is 0 Å². The zero-order chi connectivity index (χ0) is 7.84. The fourth-order valence-corrected chi connectivity index (χ4v) is 2.08. The van der Waals surface area contributed by atoms with Crippen molar-refractivity contribution in [2.75, 3.05) is 13.2 Å². The Morgan fingerprint density at radius 1 is 1.18 bits per heavy atom. The van der Waals surface area contributed by atoms with Crippen molar-refractivity contribution < 1.29 is 14.9 Å². The molecule has 4 atom stereocenters. The van der Waals surface area contributed by atoms with E-state index in [0.717, 1.165) is 12.8 Å². The molecular weight excluding hydrogens is 144 g/mol. The molecule has 3 heteroatoms. The molecule has 2 fully saturated rings. The molecule has 1 saturated carbocycles. The fraction of sp³-hybridized carbons (Fsp3) is 1.00. The van der Waals surface area contributed by atoms with Crippen molar-refractivity contribution >= 4 is 0 Å². The maximum atomic E-state index is 8.94. The van der Waals surface area contributed by atoms with Crippen LogP contribution in [0, 0.1) is 11.8 Å². The summed E-state index contributed by atoms with van der Waals surface area (Å²) in [7, 11) is 0. The lowest BCUT2D eigenvalue weighted by Crippen LogP contribution is -2.27. The molecule has 0 aromatic rings. The van der Waals surface area contributed by atoms with Crippen LogP contribution in [0.3, 0.4) is 0 Å².